The molecule has 2 heteroatoms. The number of rotatable bonds is 6. The average Bonchev–Trinajstić information content (AvgIpc) is 2.06. The minimum atomic E-state index is 0.912. The van der Waals surface area contributed by atoms with Crippen LogP contribution in [0.3, 0.4) is 0 Å². The molecule has 0 rings (SSSR count). The quantitative estimate of drug-likeness (QED) is 0.357. The first-order chi connectivity index (χ1) is 5.81. The van der Waals surface area contributed by atoms with Crippen LogP contribution in [0.25, 0.3) is 0 Å². The molecule has 0 aliphatic carbocycles. The lowest BCUT2D eigenvalue weighted by molar-refractivity contribution is 0.599. The van der Waals surface area contributed by atoms with Crippen LogP contribution in [0.1, 0.15) is 13.3 Å². The highest BCUT2D eigenvalue weighted by atomic mass is 15.3. The van der Waals surface area contributed by atoms with Crippen molar-refractivity contribution in [3.8, 4) is 0 Å². The molecule has 0 fully saturated rings. The summed E-state index contributed by atoms with van der Waals surface area (Å²) < 4.78 is 0. The Balaban J connectivity index is 3.45. The topological polar surface area (TPSA) is 24.1 Å². The summed E-state index contributed by atoms with van der Waals surface area (Å²) in [5.41, 5.74) is 7.00. The molecule has 0 unspecified atom stereocenters. The van der Waals surface area contributed by atoms with E-state index in [0.29, 0.717) is 0 Å². The third kappa shape index (κ3) is 7.25. The standard InChI is InChI=1S/C10H18N2/c1-4-5-6-7-10(2)8-9-12-11-3/h4-7,11-12H,2,8-9H2,1,3H3/b5-4-,7-6-. The van der Waals surface area contributed by atoms with Crippen molar-refractivity contribution in [2.75, 3.05) is 13.6 Å². The minimum absolute atomic E-state index is 0.912. The molecule has 0 aromatic carbocycles. The molecule has 0 spiro atoms. The molecule has 0 saturated carbocycles. The predicted octanol–water partition coefficient (Wildman–Crippen LogP) is 1.79. The second-order valence-electron chi connectivity index (χ2n) is 2.47. The van der Waals surface area contributed by atoms with Crippen molar-refractivity contribution in [3.63, 3.8) is 0 Å². The fourth-order valence-corrected chi connectivity index (χ4v) is 0.734. The third-order valence-electron chi connectivity index (χ3n) is 1.38. The Labute approximate surface area is 75.0 Å². The lowest BCUT2D eigenvalue weighted by atomic mass is 10.2. The van der Waals surface area contributed by atoms with Gasteiger partial charge in [-0.1, -0.05) is 36.5 Å². The lowest BCUT2D eigenvalue weighted by Crippen LogP contribution is -2.28. The van der Waals surface area contributed by atoms with Gasteiger partial charge in [-0.3, -0.25) is 10.9 Å². The Morgan fingerprint density at radius 1 is 1.42 bits per heavy atom. The molecule has 0 heterocycles. The summed E-state index contributed by atoms with van der Waals surface area (Å²) >= 11 is 0. The number of hydrogen-bond donors (Lipinski definition) is 2. The third-order valence-corrected chi connectivity index (χ3v) is 1.38. The van der Waals surface area contributed by atoms with E-state index in [0.717, 1.165) is 18.5 Å². The van der Waals surface area contributed by atoms with E-state index in [9.17, 15) is 0 Å². The summed E-state index contributed by atoms with van der Waals surface area (Å²) in [5, 5.41) is 0. The smallest absolute Gasteiger partial charge is 0.0140 e. The monoisotopic (exact) mass is 166 g/mol. The summed E-state index contributed by atoms with van der Waals surface area (Å²) in [6.45, 7) is 6.82. The molecule has 0 aliphatic heterocycles. The van der Waals surface area contributed by atoms with E-state index < -0.39 is 0 Å². The molecule has 2 nitrogen and oxygen atoms in total. The van der Waals surface area contributed by atoms with Gasteiger partial charge in [0.2, 0.25) is 0 Å². The minimum Gasteiger partial charge on any atom is -0.261 e. The highest BCUT2D eigenvalue weighted by molar-refractivity contribution is 5.18. The van der Waals surface area contributed by atoms with Crippen LogP contribution in [0, 0.1) is 0 Å². The highest BCUT2D eigenvalue weighted by Gasteiger charge is 1.86. The molecule has 12 heavy (non-hydrogen) atoms. The van der Waals surface area contributed by atoms with Gasteiger partial charge in [-0.25, -0.2) is 0 Å². The van der Waals surface area contributed by atoms with Gasteiger partial charge in [-0.2, -0.15) is 0 Å². The van der Waals surface area contributed by atoms with E-state index in [1.54, 1.807) is 0 Å². The van der Waals surface area contributed by atoms with Crippen molar-refractivity contribution in [3.05, 3.63) is 36.5 Å². The second-order valence-corrected chi connectivity index (χ2v) is 2.47. The van der Waals surface area contributed by atoms with Crippen LogP contribution in [0.2, 0.25) is 0 Å². The van der Waals surface area contributed by atoms with Crippen LogP contribution in [-0.4, -0.2) is 13.6 Å². The molecule has 0 saturated heterocycles. The van der Waals surface area contributed by atoms with E-state index in [4.69, 9.17) is 0 Å². The Morgan fingerprint density at radius 3 is 2.75 bits per heavy atom. The van der Waals surface area contributed by atoms with Crippen LogP contribution in [-0.2, 0) is 0 Å². The largest absolute Gasteiger partial charge is 0.261 e. The van der Waals surface area contributed by atoms with Gasteiger partial charge in [0.15, 0.2) is 0 Å². The molecule has 68 valence electrons. The maximum atomic E-state index is 3.91. The molecule has 0 aromatic heterocycles. The summed E-state index contributed by atoms with van der Waals surface area (Å²) in [5.74, 6) is 0. The van der Waals surface area contributed by atoms with Crippen molar-refractivity contribution in [2.24, 2.45) is 0 Å². The maximum absolute atomic E-state index is 3.91. The molecule has 0 radical (unpaired) electrons. The zero-order valence-electron chi connectivity index (χ0n) is 7.93. The molecular weight excluding hydrogens is 148 g/mol. The molecule has 0 amide bonds. The summed E-state index contributed by atoms with van der Waals surface area (Å²) in [7, 11) is 1.86. The van der Waals surface area contributed by atoms with Crippen LogP contribution < -0.4 is 10.9 Å². The Bertz CT molecular complexity index is 169. The van der Waals surface area contributed by atoms with Crippen molar-refractivity contribution in [2.45, 2.75) is 13.3 Å². The Morgan fingerprint density at radius 2 is 2.17 bits per heavy atom. The van der Waals surface area contributed by atoms with Crippen molar-refractivity contribution in [1.82, 2.24) is 10.9 Å². The van der Waals surface area contributed by atoms with Gasteiger partial charge in [0.25, 0.3) is 0 Å². The molecular formula is C10H18N2. The van der Waals surface area contributed by atoms with Crippen molar-refractivity contribution >= 4 is 0 Å². The predicted molar refractivity (Wildman–Crippen MR) is 54.8 cm³/mol. The maximum Gasteiger partial charge on any atom is 0.0140 e. The number of nitrogens with one attached hydrogen (secondary N) is 2. The first kappa shape index (κ1) is 11.1. The van der Waals surface area contributed by atoms with Gasteiger partial charge in [-0.05, 0) is 20.4 Å². The van der Waals surface area contributed by atoms with Crippen LogP contribution in [0.5, 0.6) is 0 Å². The Kier molecular flexibility index (Phi) is 7.65. The van der Waals surface area contributed by atoms with E-state index in [2.05, 4.69) is 17.4 Å². The number of allylic oxidation sites excluding steroid dienone is 4. The first-order valence-corrected chi connectivity index (χ1v) is 4.18. The van der Waals surface area contributed by atoms with Gasteiger partial charge in [0, 0.05) is 6.54 Å². The van der Waals surface area contributed by atoms with Crippen molar-refractivity contribution in [1.29, 1.82) is 0 Å². The van der Waals surface area contributed by atoms with E-state index in [1.165, 1.54) is 0 Å². The van der Waals surface area contributed by atoms with Crippen LogP contribution in [0.4, 0.5) is 0 Å². The molecule has 2 N–H and O–H groups in total. The summed E-state index contributed by atoms with van der Waals surface area (Å²) in [6.07, 6.45) is 8.99. The Hall–Kier alpha value is -0.860. The van der Waals surface area contributed by atoms with Gasteiger partial charge >= 0.3 is 0 Å². The number of hydrazine groups is 1. The van der Waals surface area contributed by atoms with Gasteiger partial charge in [-0.15, -0.1) is 0 Å². The van der Waals surface area contributed by atoms with Gasteiger partial charge in [0.05, 0.1) is 0 Å². The normalized spacial score (nSPS) is 11.5. The zero-order chi connectivity index (χ0) is 9.23. The lowest BCUT2D eigenvalue weighted by Gasteiger charge is -2.00. The van der Waals surface area contributed by atoms with Crippen LogP contribution >= 0.6 is 0 Å². The van der Waals surface area contributed by atoms with E-state index in [1.807, 2.05) is 38.3 Å². The van der Waals surface area contributed by atoms with E-state index in [-0.39, 0.29) is 0 Å². The summed E-state index contributed by atoms with van der Waals surface area (Å²) in [6, 6.07) is 0. The highest BCUT2D eigenvalue weighted by Crippen LogP contribution is 1.97. The molecule has 0 atom stereocenters. The summed E-state index contributed by atoms with van der Waals surface area (Å²) in [4.78, 5) is 0. The molecule has 0 bridgehead atoms. The SMILES string of the molecule is C=C(/C=C\C=C/C)CCNNC. The van der Waals surface area contributed by atoms with Crippen molar-refractivity contribution < 1.29 is 0 Å². The number of hydrogen-bond acceptors (Lipinski definition) is 2. The fraction of sp³-hybridized carbons (Fsp3) is 0.400. The molecule has 0 aliphatic rings. The fourth-order valence-electron chi connectivity index (χ4n) is 0.734. The second kappa shape index (κ2) is 8.24. The van der Waals surface area contributed by atoms with Gasteiger partial charge in [0.1, 0.15) is 0 Å². The van der Waals surface area contributed by atoms with Gasteiger partial charge < -0.3 is 0 Å². The average molecular weight is 166 g/mol. The first-order valence-electron chi connectivity index (χ1n) is 4.18. The van der Waals surface area contributed by atoms with E-state index >= 15 is 0 Å². The molecule has 0 aromatic rings. The van der Waals surface area contributed by atoms with Crippen LogP contribution in [0.15, 0.2) is 36.5 Å². The zero-order valence-corrected chi connectivity index (χ0v) is 7.93.